The molecule has 7 heteroatoms. The third-order valence-electron chi connectivity index (χ3n) is 7.08. The Bertz CT molecular complexity index is 1000. The zero-order valence-electron chi connectivity index (χ0n) is 22.9. The first kappa shape index (κ1) is 29.4. The quantitative estimate of drug-likeness (QED) is 0.316. The summed E-state index contributed by atoms with van der Waals surface area (Å²) in [4.78, 5) is 24.1. The number of carbonyl (C=O) groups is 1. The highest BCUT2D eigenvalue weighted by atomic mass is 16.1. The van der Waals surface area contributed by atoms with Crippen LogP contribution in [0.3, 0.4) is 0 Å². The summed E-state index contributed by atoms with van der Waals surface area (Å²) in [6.45, 7) is 10.5. The summed E-state index contributed by atoms with van der Waals surface area (Å²) >= 11 is 0. The summed E-state index contributed by atoms with van der Waals surface area (Å²) < 4.78 is 0. The summed E-state index contributed by atoms with van der Waals surface area (Å²) in [5.74, 6) is 2.31. The van der Waals surface area contributed by atoms with Crippen LogP contribution in [0.25, 0.3) is 11.0 Å². The number of aromatic amines is 1. The average Bonchev–Trinajstić information content (AvgIpc) is 3.32. The molecule has 198 valence electrons. The summed E-state index contributed by atoms with van der Waals surface area (Å²) in [5.41, 5.74) is 8.55. The molecule has 0 saturated heterocycles. The van der Waals surface area contributed by atoms with Crippen molar-refractivity contribution in [2.24, 2.45) is 28.5 Å². The van der Waals surface area contributed by atoms with Crippen LogP contribution in [0, 0.1) is 36.0 Å². The third kappa shape index (κ3) is 9.29. The smallest absolute Gasteiger partial charge is 0.227 e. The van der Waals surface area contributed by atoms with Crippen molar-refractivity contribution in [1.82, 2.24) is 15.3 Å². The van der Waals surface area contributed by atoms with Crippen molar-refractivity contribution < 1.29 is 4.79 Å². The van der Waals surface area contributed by atoms with Crippen LogP contribution in [0.5, 0.6) is 0 Å². The van der Waals surface area contributed by atoms with Crippen LogP contribution in [-0.4, -0.2) is 27.8 Å². The molecule has 36 heavy (non-hydrogen) atoms. The summed E-state index contributed by atoms with van der Waals surface area (Å²) in [5, 5.41) is 12.5. The first-order valence-electron chi connectivity index (χ1n) is 13.8. The van der Waals surface area contributed by atoms with E-state index in [0.717, 1.165) is 41.8 Å². The number of hydrogen-bond donors (Lipinski definition) is 3. The van der Waals surface area contributed by atoms with E-state index in [0.29, 0.717) is 23.4 Å². The zero-order valence-corrected chi connectivity index (χ0v) is 22.9. The SMILES string of the molecule is CC.Cc1c(N=C(N)CC(=O)NC2CC(C)CC(C)C2)cnc2[nH]ccc12.N#CCC1CCCCC1. The Hall–Kier alpha value is -2.88. The van der Waals surface area contributed by atoms with Crippen molar-refractivity contribution in [1.29, 1.82) is 5.26 Å². The molecular formula is C29H46N6O. The van der Waals surface area contributed by atoms with Crippen molar-refractivity contribution in [2.75, 3.05) is 0 Å². The van der Waals surface area contributed by atoms with Gasteiger partial charge in [0.15, 0.2) is 0 Å². The van der Waals surface area contributed by atoms with Crippen LogP contribution >= 0.6 is 0 Å². The lowest BCUT2D eigenvalue weighted by atomic mass is 9.80. The lowest BCUT2D eigenvalue weighted by Crippen LogP contribution is -2.41. The second-order valence-corrected chi connectivity index (χ2v) is 10.3. The van der Waals surface area contributed by atoms with Crippen LogP contribution in [0.4, 0.5) is 5.69 Å². The van der Waals surface area contributed by atoms with Gasteiger partial charge in [0.2, 0.25) is 5.91 Å². The van der Waals surface area contributed by atoms with E-state index < -0.39 is 0 Å². The van der Waals surface area contributed by atoms with Crippen LogP contribution < -0.4 is 11.1 Å². The highest BCUT2D eigenvalue weighted by Crippen LogP contribution is 2.29. The van der Waals surface area contributed by atoms with Gasteiger partial charge in [-0.15, -0.1) is 0 Å². The maximum absolute atomic E-state index is 12.3. The molecule has 0 spiro atoms. The molecule has 2 heterocycles. The molecule has 4 rings (SSSR count). The molecule has 0 radical (unpaired) electrons. The molecular weight excluding hydrogens is 448 g/mol. The predicted octanol–water partition coefficient (Wildman–Crippen LogP) is 6.70. The van der Waals surface area contributed by atoms with Gasteiger partial charge in [0.1, 0.15) is 11.5 Å². The average molecular weight is 495 g/mol. The third-order valence-corrected chi connectivity index (χ3v) is 7.08. The topological polar surface area (TPSA) is 120 Å². The van der Waals surface area contributed by atoms with Crippen LogP contribution in [-0.2, 0) is 4.79 Å². The van der Waals surface area contributed by atoms with Crippen LogP contribution in [0.2, 0.25) is 0 Å². The minimum absolute atomic E-state index is 0.0547. The zero-order chi connectivity index (χ0) is 26.5. The Balaban J connectivity index is 0.000000347. The van der Waals surface area contributed by atoms with E-state index in [9.17, 15) is 4.79 Å². The number of H-pyrrole nitrogens is 1. The number of nitrogens with one attached hydrogen (secondary N) is 2. The monoisotopic (exact) mass is 494 g/mol. The number of rotatable bonds is 5. The molecule has 1 amide bonds. The van der Waals surface area contributed by atoms with Gasteiger partial charge in [0, 0.05) is 24.0 Å². The number of aliphatic imine (C=N–C) groups is 1. The minimum Gasteiger partial charge on any atom is -0.387 e. The molecule has 0 aliphatic heterocycles. The van der Waals surface area contributed by atoms with E-state index in [1.807, 2.05) is 33.0 Å². The number of hydrogen-bond acceptors (Lipinski definition) is 4. The molecule has 4 N–H and O–H groups in total. The van der Waals surface area contributed by atoms with Crippen molar-refractivity contribution in [2.45, 2.75) is 105 Å². The lowest BCUT2D eigenvalue weighted by Gasteiger charge is -2.31. The van der Waals surface area contributed by atoms with Gasteiger partial charge in [-0.3, -0.25) is 4.79 Å². The van der Waals surface area contributed by atoms with Gasteiger partial charge >= 0.3 is 0 Å². The second-order valence-electron chi connectivity index (χ2n) is 10.3. The van der Waals surface area contributed by atoms with E-state index >= 15 is 0 Å². The van der Waals surface area contributed by atoms with E-state index in [1.54, 1.807) is 6.20 Å². The Morgan fingerprint density at radius 3 is 2.50 bits per heavy atom. The number of carbonyl (C=O) groups excluding carboxylic acids is 1. The van der Waals surface area contributed by atoms with Gasteiger partial charge in [-0.1, -0.05) is 47.0 Å². The predicted molar refractivity (Wildman–Crippen MR) is 149 cm³/mol. The maximum atomic E-state index is 12.3. The number of nitrogens with two attached hydrogens (primary N) is 1. The molecule has 7 nitrogen and oxygen atoms in total. The number of amides is 1. The fourth-order valence-electron chi connectivity index (χ4n) is 5.47. The number of aromatic nitrogens is 2. The summed E-state index contributed by atoms with van der Waals surface area (Å²) in [6, 6.07) is 4.45. The Kier molecular flexibility index (Phi) is 12.5. The molecule has 2 saturated carbocycles. The normalized spacial score (nSPS) is 22.4. The van der Waals surface area contributed by atoms with Crippen molar-refractivity contribution in [3.63, 3.8) is 0 Å². The number of pyridine rings is 1. The number of nitrogens with zero attached hydrogens (tertiary/aromatic N) is 3. The minimum atomic E-state index is -0.0547. The van der Waals surface area contributed by atoms with Gasteiger partial charge in [-0.25, -0.2) is 9.98 Å². The highest BCUT2D eigenvalue weighted by Gasteiger charge is 2.25. The molecule has 2 aromatic rings. The molecule has 2 aromatic heterocycles. The molecule has 2 atom stereocenters. The standard InChI is InChI=1S/C19H27N5O.C8H13N.C2H6/c1-11-6-12(2)8-14(7-11)23-18(25)9-17(20)24-16-10-22-19-15(13(16)3)4-5-21-19;9-7-6-8-4-2-1-3-5-8;1-2/h4-5,10-12,14H,6-9H2,1-3H3,(H2,20,24)(H,21,22)(H,23,25);8H,1-6H2;1-2H3. The van der Waals surface area contributed by atoms with Crippen LogP contribution in [0.15, 0.2) is 23.5 Å². The Morgan fingerprint density at radius 1 is 1.19 bits per heavy atom. The van der Waals surface area contributed by atoms with Gasteiger partial charge in [0.05, 0.1) is 24.4 Å². The van der Waals surface area contributed by atoms with E-state index in [2.05, 4.69) is 40.2 Å². The van der Waals surface area contributed by atoms with E-state index in [-0.39, 0.29) is 18.4 Å². The molecule has 0 bridgehead atoms. The number of aryl methyl sites for hydroxylation is 1. The summed E-state index contributed by atoms with van der Waals surface area (Å²) in [6.07, 6.45) is 14.5. The summed E-state index contributed by atoms with van der Waals surface area (Å²) in [7, 11) is 0. The first-order chi connectivity index (χ1) is 17.4. The first-order valence-corrected chi connectivity index (χ1v) is 13.8. The fraction of sp³-hybridized carbons (Fsp3) is 0.655. The Labute approximate surface area is 217 Å². The molecule has 2 aliphatic carbocycles. The van der Waals surface area contributed by atoms with Crippen LogP contribution in [0.1, 0.15) is 97.5 Å². The largest absolute Gasteiger partial charge is 0.387 e. The second kappa shape index (κ2) is 15.3. The lowest BCUT2D eigenvalue weighted by molar-refractivity contribution is -0.121. The van der Waals surface area contributed by atoms with Gasteiger partial charge in [0.25, 0.3) is 0 Å². The number of amidine groups is 1. The van der Waals surface area contributed by atoms with Gasteiger partial charge in [-0.05, 0) is 68.4 Å². The van der Waals surface area contributed by atoms with Gasteiger partial charge in [-0.2, -0.15) is 5.26 Å². The number of nitriles is 1. The molecule has 2 aliphatic rings. The maximum Gasteiger partial charge on any atom is 0.227 e. The molecule has 0 aromatic carbocycles. The Morgan fingerprint density at radius 2 is 1.86 bits per heavy atom. The van der Waals surface area contributed by atoms with E-state index in [4.69, 9.17) is 11.0 Å². The van der Waals surface area contributed by atoms with Gasteiger partial charge < -0.3 is 16.0 Å². The van der Waals surface area contributed by atoms with Crippen molar-refractivity contribution >= 4 is 28.5 Å². The van der Waals surface area contributed by atoms with E-state index in [1.165, 1.54) is 38.5 Å². The van der Waals surface area contributed by atoms with Crippen molar-refractivity contribution in [3.8, 4) is 6.07 Å². The molecule has 2 unspecified atom stereocenters. The number of fused-ring (bicyclic) bond motifs is 1. The fourth-order valence-corrected chi connectivity index (χ4v) is 5.47. The highest BCUT2D eigenvalue weighted by molar-refractivity contribution is 6.00. The molecule has 2 fully saturated rings. The van der Waals surface area contributed by atoms with Crippen molar-refractivity contribution in [3.05, 3.63) is 24.0 Å².